The van der Waals surface area contributed by atoms with Crippen molar-refractivity contribution in [1.29, 1.82) is 0 Å². The summed E-state index contributed by atoms with van der Waals surface area (Å²) < 4.78 is 0. The van der Waals surface area contributed by atoms with Gasteiger partial charge in [0.15, 0.2) is 0 Å². The molecule has 3 nitrogen and oxygen atoms in total. The van der Waals surface area contributed by atoms with Crippen molar-refractivity contribution in [2.45, 2.75) is 44.6 Å². The Labute approximate surface area is 335 Å². The molecular formula is C52H47N3S. The van der Waals surface area contributed by atoms with Crippen LogP contribution < -0.4 is 14.7 Å². The first-order valence-corrected chi connectivity index (χ1v) is 20.8. The van der Waals surface area contributed by atoms with Crippen LogP contribution in [0.2, 0.25) is 0 Å². The van der Waals surface area contributed by atoms with Crippen LogP contribution in [-0.2, 0) is 0 Å². The molecule has 2 unspecified atom stereocenters. The van der Waals surface area contributed by atoms with Gasteiger partial charge in [0.05, 0.1) is 23.1 Å². The molecule has 0 saturated carbocycles. The normalized spacial score (nSPS) is 15.7. The molecule has 0 saturated heterocycles. The number of rotatable bonds is 13. The summed E-state index contributed by atoms with van der Waals surface area (Å²) in [5.41, 5.74) is 9.41. The van der Waals surface area contributed by atoms with E-state index in [1.807, 2.05) is 23.5 Å². The number of hydrogen-bond acceptors (Lipinski definition) is 4. The number of thiophene rings is 1. The Morgan fingerprint density at radius 1 is 0.643 bits per heavy atom. The summed E-state index contributed by atoms with van der Waals surface area (Å²) in [5.74, 6) is 0.206. The Hall–Kier alpha value is -6.10. The highest BCUT2D eigenvalue weighted by atomic mass is 32.1. The fourth-order valence-corrected chi connectivity index (χ4v) is 9.88. The second kappa shape index (κ2) is 15.6. The van der Waals surface area contributed by atoms with Crippen molar-refractivity contribution in [3.8, 4) is 0 Å². The maximum Gasteiger partial charge on any atom is 0.102 e. The van der Waals surface area contributed by atoms with Crippen LogP contribution in [0.4, 0.5) is 33.4 Å². The van der Waals surface area contributed by atoms with Crippen molar-refractivity contribution in [2.24, 2.45) is 0 Å². The number of fused-ring (bicyclic) bond motifs is 5. The van der Waals surface area contributed by atoms with Crippen LogP contribution in [0.25, 0.3) is 33.7 Å². The molecule has 0 N–H and O–H groups in total. The van der Waals surface area contributed by atoms with Gasteiger partial charge < -0.3 is 14.7 Å². The number of benzene rings is 6. The van der Waals surface area contributed by atoms with E-state index in [-0.39, 0.29) is 12.0 Å². The molecule has 0 radical (unpaired) electrons. The fourth-order valence-electron chi connectivity index (χ4n) is 8.57. The minimum absolute atomic E-state index is 0.206. The molecule has 9 rings (SSSR count). The van der Waals surface area contributed by atoms with E-state index in [0.29, 0.717) is 0 Å². The Morgan fingerprint density at radius 3 is 1.82 bits per heavy atom. The molecule has 7 aromatic rings. The lowest BCUT2D eigenvalue weighted by atomic mass is 9.93. The lowest BCUT2D eigenvalue weighted by Gasteiger charge is -2.34. The number of anilines is 6. The first kappa shape index (κ1) is 35.6. The van der Waals surface area contributed by atoms with Crippen molar-refractivity contribution in [1.82, 2.24) is 0 Å². The fraction of sp³-hybridized carbons (Fsp3) is 0.154. The Morgan fingerprint density at radius 2 is 1.21 bits per heavy atom. The van der Waals surface area contributed by atoms with Crippen molar-refractivity contribution in [2.75, 3.05) is 21.2 Å². The number of hydrogen-bond donors (Lipinski definition) is 0. The summed E-state index contributed by atoms with van der Waals surface area (Å²) in [7, 11) is 0. The molecule has 4 heteroatoms. The Balaban J connectivity index is 1.19. The highest BCUT2D eigenvalue weighted by Crippen LogP contribution is 2.54. The summed E-state index contributed by atoms with van der Waals surface area (Å²) in [6, 6.07) is 51.1. The predicted octanol–water partition coefficient (Wildman–Crippen LogP) is 15.0. The van der Waals surface area contributed by atoms with Crippen LogP contribution in [0.3, 0.4) is 0 Å². The first-order chi connectivity index (χ1) is 27.6. The van der Waals surface area contributed by atoms with E-state index >= 15 is 0 Å². The van der Waals surface area contributed by atoms with Gasteiger partial charge in [-0.3, -0.25) is 0 Å². The van der Waals surface area contributed by atoms with Gasteiger partial charge in [-0.25, -0.2) is 0 Å². The maximum absolute atomic E-state index is 4.02. The average Bonchev–Trinajstić information content (AvgIpc) is 3.80. The van der Waals surface area contributed by atoms with Gasteiger partial charge in [0, 0.05) is 45.2 Å². The van der Waals surface area contributed by atoms with Crippen LogP contribution in [0.5, 0.6) is 0 Å². The van der Waals surface area contributed by atoms with E-state index < -0.39 is 0 Å². The summed E-state index contributed by atoms with van der Waals surface area (Å²) >= 11 is 1.94. The molecule has 56 heavy (non-hydrogen) atoms. The van der Waals surface area contributed by atoms with Crippen LogP contribution in [0.1, 0.15) is 54.5 Å². The van der Waals surface area contributed by atoms with Gasteiger partial charge in [-0.1, -0.05) is 155 Å². The summed E-state index contributed by atoms with van der Waals surface area (Å²) in [6.07, 6.45) is 16.1. The van der Waals surface area contributed by atoms with E-state index in [9.17, 15) is 0 Å². The van der Waals surface area contributed by atoms with E-state index in [0.717, 1.165) is 29.0 Å². The lowest BCUT2D eigenvalue weighted by Crippen LogP contribution is -2.35. The van der Waals surface area contributed by atoms with Gasteiger partial charge in [-0.2, -0.15) is 0 Å². The zero-order valence-corrected chi connectivity index (χ0v) is 32.8. The van der Waals surface area contributed by atoms with Gasteiger partial charge in [0.1, 0.15) is 5.00 Å². The molecule has 0 spiro atoms. The number of allylic oxidation sites excluding steroid dienone is 1. The highest BCUT2D eigenvalue weighted by molar-refractivity contribution is 7.17. The molecule has 6 aromatic carbocycles. The molecule has 1 aromatic heterocycles. The minimum atomic E-state index is 0.206. The predicted molar refractivity (Wildman–Crippen MR) is 244 cm³/mol. The van der Waals surface area contributed by atoms with E-state index in [1.165, 1.54) is 79.9 Å². The molecule has 0 fully saturated rings. The monoisotopic (exact) mass is 745 g/mol. The molecule has 276 valence electrons. The van der Waals surface area contributed by atoms with Crippen LogP contribution >= 0.6 is 11.3 Å². The van der Waals surface area contributed by atoms with Gasteiger partial charge in [-0.05, 0) is 82.9 Å². The van der Waals surface area contributed by atoms with Crippen molar-refractivity contribution < 1.29 is 0 Å². The summed E-state index contributed by atoms with van der Waals surface area (Å²) in [6.45, 7) is 11.4. The molecule has 1 aliphatic carbocycles. The zero-order valence-electron chi connectivity index (χ0n) is 32.0. The van der Waals surface area contributed by atoms with Gasteiger partial charge in [0.2, 0.25) is 0 Å². The minimum Gasteiger partial charge on any atom is -0.363 e. The van der Waals surface area contributed by atoms with Gasteiger partial charge in [-0.15, -0.1) is 11.3 Å². The molecule has 2 atom stereocenters. The largest absolute Gasteiger partial charge is 0.363 e. The first-order valence-electron chi connectivity index (χ1n) is 20.0. The van der Waals surface area contributed by atoms with Crippen molar-refractivity contribution in [3.05, 3.63) is 193 Å². The number of nitrogens with zero attached hydrogens (tertiary/aromatic N) is 3. The second-order valence-electron chi connectivity index (χ2n) is 14.8. The third kappa shape index (κ3) is 6.54. The third-order valence-electron chi connectivity index (χ3n) is 11.4. The molecule has 2 aliphatic rings. The van der Waals surface area contributed by atoms with Crippen LogP contribution in [-0.4, -0.2) is 12.6 Å². The standard InChI is InChI=1S/C52H47N3S/c1-4-7-8-13-34-53-47-33-32-43(54(41-28-24-37(5-2)25-29-41)48-22-14-18-39-16-9-11-20-44(39)48)35-46(47)52-50(53)36-51(56-52)55(42-30-26-38(6-3)27-31-42)49-23-15-19-40-17-10-12-21-45(40)49/h5-6,9-12,14-33,35-36,46-47H,2-4,7-8,13,34H2,1H3. The molecule has 1 aliphatic heterocycles. The van der Waals surface area contributed by atoms with E-state index in [1.54, 1.807) is 0 Å². The topological polar surface area (TPSA) is 9.72 Å². The quantitative estimate of drug-likeness (QED) is 0.109. The Bertz CT molecular complexity index is 2580. The average molecular weight is 746 g/mol. The summed E-state index contributed by atoms with van der Waals surface area (Å²) in [5, 5.41) is 6.16. The lowest BCUT2D eigenvalue weighted by molar-refractivity contribution is 0.609. The molecule has 2 heterocycles. The highest BCUT2D eigenvalue weighted by Gasteiger charge is 2.41. The van der Waals surface area contributed by atoms with Crippen LogP contribution in [0, 0.1) is 0 Å². The Kier molecular flexibility index (Phi) is 9.89. The maximum atomic E-state index is 4.02. The molecule has 0 bridgehead atoms. The summed E-state index contributed by atoms with van der Waals surface area (Å²) in [4.78, 5) is 9.04. The number of unbranched alkanes of at least 4 members (excludes halogenated alkanes) is 3. The van der Waals surface area contributed by atoms with Crippen molar-refractivity contribution >= 4 is 78.5 Å². The zero-order chi connectivity index (χ0) is 38.0. The third-order valence-corrected chi connectivity index (χ3v) is 12.6. The van der Waals surface area contributed by atoms with Crippen molar-refractivity contribution in [3.63, 3.8) is 0 Å². The smallest absolute Gasteiger partial charge is 0.102 e. The van der Waals surface area contributed by atoms with Gasteiger partial charge >= 0.3 is 0 Å². The van der Waals surface area contributed by atoms with E-state index in [4.69, 9.17) is 0 Å². The van der Waals surface area contributed by atoms with Gasteiger partial charge in [0.25, 0.3) is 0 Å². The molecule has 0 amide bonds. The molecular weight excluding hydrogens is 699 g/mol. The van der Waals surface area contributed by atoms with E-state index in [2.05, 4.69) is 193 Å². The van der Waals surface area contributed by atoms with Crippen LogP contribution in [0.15, 0.2) is 177 Å². The SMILES string of the molecule is C=Cc1ccc(N(C2=CC3c4sc(N(c5ccc(C=C)cc5)c5cccc6ccccc56)cc4N(CCCCCC)C3C=C2)c2cccc3ccccc23)cc1. The second-order valence-corrected chi connectivity index (χ2v) is 15.9.